The standard InChI is InChI=1S/C20H22FN3O2/c21-18-6-2-3-7-19(18)26-15-20(25)23-22-14-16-8-10-17(11-9-16)24-12-4-1-5-13-24/h2-3,6-11,14H,1,4-5,12-13,15H2,(H,23,25)/b22-14-. The second-order valence-corrected chi connectivity index (χ2v) is 6.15. The molecule has 1 fully saturated rings. The maximum absolute atomic E-state index is 13.4. The van der Waals surface area contributed by atoms with Crippen molar-refractivity contribution in [3.05, 3.63) is 59.9 Å². The normalized spacial score (nSPS) is 14.4. The quantitative estimate of drug-likeness (QED) is 0.639. The minimum atomic E-state index is -0.502. The summed E-state index contributed by atoms with van der Waals surface area (Å²) in [6, 6.07) is 14.0. The Hall–Kier alpha value is -2.89. The molecule has 1 saturated heterocycles. The minimum Gasteiger partial charge on any atom is -0.481 e. The van der Waals surface area contributed by atoms with Gasteiger partial charge in [0, 0.05) is 18.8 Å². The van der Waals surface area contributed by atoms with Crippen LogP contribution >= 0.6 is 0 Å². The highest BCUT2D eigenvalue weighted by molar-refractivity contribution is 5.83. The Morgan fingerprint density at radius 2 is 1.85 bits per heavy atom. The van der Waals surface area contributed by atoms with Gasteiger partial charge >= 0.3 is 0 Å². The fourth-order valence-electron chi connectivity index (χ4n) is 2.84. The van der Waals surface area contributed by atoms with Gasteiger partial charge in [-0.25, -0.2) is 9.82 Å². The summed E-state index contributed by atoms with van der Waals surface area (Å²) < 4.78 is 18.5. The van der Waals surface area contributed by atoms with E-state index < -0.39 is 11.7 Å². The van der Waals surface area contributed by atoms with Gasteiger partial charge in [-0.2, -0.15) is 5.10 Å². The number of para-hydroxylation sites is 1. The first-order chi connectivity index (χ1) is 12.7. The Morgan fingerprint density at radius 1 is 1.12 bits per heavy atom. The molecule has 6 heteroatoms. The monoisotopic (exact) mass is 355 g/mol. The van der Waals surface area contributed by atoms with Crippen LogP contribution in [-0.4, -0.2) is 31.8 Å². The summed E-state index contributed by atoms with van der Waals surface area (Å²) in [7, 11) is 0. The molecule has 3 rings (SSSR count). The maximum atomic E-state index is 13.4. The third-order valence-electron chi connectivity index (χ3n) is 4.21. The van der Waals surface area contributed by atoms with E-state index in [2.05, 4.69) is 27.6 Å². The smallest absolute Gasteiger partial charge is 0.277 e. The van der Waals surface area contributed by atoms with Gasteiger partial charge in [-0.3, -0.25) is 4.79 Å². The lowest BCUT2D eigenvalue weighted by Crippen LogP contribution is -2.29. The molecule has 0 spiro atoms. The largest absolute Gasteiger partial charge is 0.481 e. The van der Waals surface area contributed by atoms with Crippen LogP contribution in [0.3, 0.4) is 0 Å². The molecule has 0 unspecified atom stereocenters. The van der Waals surface area contributed by atoms with Crippen LogP contribution in [0.5, 0.6) is 5.75 Å². The lowest BCUT2D eigenvalue weighted by Gasteiger charge is -2.28. The number of hydrogen-bond donors (Lipinski definition) is 1. The van der Waals surface area contributed by atoms with Gasteiger partial charge in [0.1, 0.15) is 0 Å². The zero-order chi connectivity index (χ0) is 18.2. The lowest BCUT2D eigenvalue weighted by molar-refractivity contribution is -0.123. The van der Waals surface area contributed by atoms with E-state index in [1.807, 2.05) is 12.1 Å². The molecule has 5 nitrogen and oxygen atoms in total. The van der Waals surface area contributed by atoms with Crippen molar-refractivity contribution in [3.8, 4) is 5.75 Å². The van der Waals surface area contributed by atoms with Gasteiger partial charge < -0.3 is 9.64 Å². The molecular weight excluding hydrogens is 333 g/mol. The number of ether oxygens (including phenoxy) is 1. The van der Waals surface area contributed by atoms with Crippen molar-refractivity contribution in [1.82, 2.24) is 5.43 Å². The Balaban J connectivity index is 1.45. The zero-order valence-electron chi connectivity index (χ0n) is 14.5. The van der Waals surface area contributed by atoms with Crippen molar-refractivity contribution in [3.63, 3.8) is 0 Å². The number of carbonyl (C=O) groups is 1. The number of benzene rings is 2. The number of carbonyl (C=O) groups excluding carboxylic acids is 1. The number of hydrazone groups is 1. The number of piperidine rings is 1. The first kappa shape index (κ1) is 17.9. The summed E-state index contributed by atoms with van der Waals surface area (Å²) in [6.07, 6.45) is 5.36. The average Bonchev–Trinajstić information content (AvgIpc) is 2.69. The SMILES string of the molecule is O=C(COc1ccccc1F)N/N=C\c1ccc(N2CCCCC2)cc1. The fraction of sp³-hybridized carbons (Fsp3) is 0.300. The van der Waals surface area contributed by atoms with Crippen LogP contribution in [0.2, 0.25) is 0 Å². The Kier molecular flexibility index (Phi) is 6.19. The van der Waals surface area contributed by atoms with Crippen LogP contribution in [0, 0.1) is 5.82 Å². The maximum Gasteiger partial charge on any atom is 0.277 e. The minimum absolute atomic E-state index is 0.0416. The van der Waals surface area contributed by atoms with Gasteiger partial charge in [0.2, 0.25) is 0 Å². The van der Waals surface area contributed by atoms with Crippen LogP contribution in [0.1, 0.15) is 24.8 Å². The highest BCUT2D eigenvalue weighted by Gasteiger charge is 2.10. The van der Waals surface area contributed by atoms with E-state index in [1.54, 1.807) is 18.3 Å². The molecular formula is C20H22FN3O2. The molecule has 1 N–H and O–H groups in total. The van der Waals surface area contributed by atoms with Crippen LogP contribution in [0.25, 0.3) is 0 Å². The van der Waals surface area contributed by atoms with Crippen molar-refractivity contribution in [2.24, 2.45) is 5.10 Å². The van der Waals surface area contributed by atoms with E-state index in [-0.39, 0.29) is 12.4 Å². The first-order valence-electron chi connectivity index (χ1n) is 8.76. The molecule has 1 aliphatic rings. The van der Waals surface area contributed by atoms with Crippen molar-refractivity contribution in [2.75, 3.05) is 24.6 Å². The predicted molar refractivity (Wildman–Crippen MR) is 100 cm³/mol. The molecule has 2 aromatic carbocycles. The third-order valence-corrected chi connectivity index (χ3v) is 4.21. The molecule has 0 saturated carbocycles. The number of hydrogen-bond acceptors (Lipinski definition) is 4. The summed E-state index contributed by atoms with van der Waals surface area (Å²) in [5.41, 5.74) is 4.47. The highest BCUT2D eigenvalue weighted by atomic mass is 19.1. The van der Waals surface area contributed by atoms with E-state index in [0.29, 0.717) is 0 Å². The lowest BCUT2D eigenvalue weighted by atomic mass is 10.1. The number of nitrogens with one attached hydrogen (secondary N) is 1. The Labute approximate surface area is 152 Å². The number of nitrogens with zero attached hydrogens (tertiary/aromatic N) is 2. The van der Waals surface area contributed by atoms with Gasteiger partial charge in [0.05, 0.1) is 6.21 Å². The van der Waals surface area contributed by atoms with Crippen LogP contribution in [0.4, 0.5) is 10.1 Å². The van der Waals surface area contributed by atoms with E-state index in [0.717, 1.165) is 18.7 Å². The van der Waals surface area contributed by atoms with E-state index >= 15 is 0 Å². The van der Waals surface area contributed by atoms with E-state index in [4.69, 9.17) is 4.74 Å². The summed E-state index contributed by atoms with van der Waals surface area (Å²) >= 11 is 0. The first-order valence-corrected chi connectivity index (χ1v) is 8.76. The van der Waals surface area contributed by atoms with Gasteiger partial charge in [-0.05, 0) is 49.1 Å². The van der Waals surface area contributed by atoms with E-state index in [9.17, 15) is 9.18 Å². The molecule has 0 radical (unpaired) electrons. The molecule has 2 aromatic rings. The molecule has 136 valence electrons. The summed E-state index contributed by atoms with van der Waals surface area (Å²) in [4.78, 5) is 14.1. The predicted octanol–water partition coefficient (Wildman–Crippen LogP) is 3.35. The van der Waals surface area contributed by atoms with Crippen LogP contribution in [-0.2, 0) is 4.79 Å². The molecule has 26 heavy (non-hydrogen) atoms. The van der Waals surface area contributed by atoms with E-state index in [1.165, 1.54) is 37.1 Å². The van der Waals surface area contributed by atoms with Crippen molar-refractivity contribution in [1.29, 1.82) is 0 Å². The Bertz CT molecular complexity index is 756. The fourth-order valence-corrected chi connectivity index (χ4v) is 2.84. The summed E-state index contributed by atoms with van der Waals surface area (Å²) in [6.45, 7) is 1.91. The topological polar surface area (TPSA) is 53.9 Å². The molecule has 1 aliphatic heterocycles. The van der Waals surface area contributed by atoms with Crippen LogP contribution < -0.4 is 15.1 Å². The van der Waals surface area contributed by atoms with Gasteiger partial charge in [-0.1, -0.05) is 24.3 Å². The molecule has 0 aromatic heterocycles. The molecule has 0 aliphatic carbocycles. The van der Waals surface area contributed by atoms with Gasteiger partial charge in [0.15, 0.2) is 18.2 Å². The Morgan fingerprint density at radius 3 is 2.58 bits per heavy atom. The van der Waals surface area contributed by atoms with Crippen LogP contribution in [0.15, 0.2) is 53.6 Å². The summed E-state index contributed by atoms with van der Waals surface area (Å²) in [5.74, 6) is -0.910. The molecule has 1 amide bonds. The van der Waals surface area contributed by atoms with Crippen molar-refractivity contribution in [2.45, 2.75) is 19.3 Å². The number of amides is 1. The van der Waals surface area contributed by atoms with Crippen molar-refractivity contribution >= 4 is 17.8 Å². The third kappa shape index (κ3) is 5.05. The molecule has 0 atom stereocenters. The second-order valence-electron chi connectivity index (χ2n) is 6.15. The average molecular weight is 355 g/mol. The highest BCUT2D eigenvalue weighted by Crippen LogP contribution is 2.19. The van der Waals surface area contributed by atoms with Gasteiger partial charge in [0.25, 0.3) is 5.91 Å². The van der Waals surface area contributed by atoms with Crippen molar-refractivity contribution < 1.29 is 13.9 Å². The second kappa shape index (κ2) is 8.99. The van der Waals surface area contributed by atoms with Gasteiger partial charge in [-0.15, -0.1) is 0 Å². The summed E-state index contributed by atoms with van der Waals surface area (Å²) in [5, 5.41) is 3.91. The number of rotatable bonds is 6. The molecule has 1 heterocycles. The molecule has 0 bridgehead atoms. The number of halogens is 1. The number of anilines is 1. The zero-order valence-corrected chi connectivity index (χ0v) is 14.5.